The van der Waals surface area contributed by atoms with Crippen molar-refractivity contribution in [3.63, 3.8) is 0 Å². The molecule has 0 unspecified atom stereocenters. The van der Waals surface area contributed by atoms with Crippen molar-refractivity contribution in [2.24, 2.45) is 0 Å². The summed E-state index contributed by atoms with van der Waals surface area (Å²) in [6.07, 6.45) is 7.05. The first-order valence-corrected chi connectivity index (χ1v) is 9.86. The zero-order valence-corrected chi connectivity index (χ0v) is 16.3. The number of nitrogens with zero attached hydrogens (tertiary/aromatic N) is 3. The number of likely N-dealkylation sites (tertiary alicyclic amines) is 1. The molecule has 1 fully saturated rings. The van der Waals surface area contributed by atoms with Crippen molar-refractivity contribution in [3.8, 4) is 0 Å². The second kappa shape index (κ2) is 8.73. The van der Waals surface area contributed by atoms with Gasteiger partial charge in [0.15, 0.2) is 0 Å². The standard InChI is InChI=1S/C23H24N4O2/c28-22-2-1-12-27(22)16-20-5-3-18(4-6-20)14-25-23(29)21-9-7-19(8-10-21)15-26-13-11-24-17-26/h3-11,13,17H,1-2,12,14-16H2,(H,25,29). The Kier molecular flexibility index (Phi) is 5.70. The molecule has 4 rings (SSSR count). The average molecular weight is 388 g/mol. The first-order chi connectivity index (χ1) is 14.2. The van der Waals surface area contributed by atoms with E-state index in [1.165, 1.54) is 0 Å². The molecular formula is C23H24N4O2. The monoisotopic (exact) mass is 388 g/mol. The van der Waals surface area contributed by atoms with Crippen LogP contribution in [0, 0.1) is 0 Å². The Balaban J connectivity index is 1.28. The predicted octanol–water partition coefficient (Wildman–Crippen LogP) is 2.98. The van der Waals surface area contributed by atoms with Crippen LogP contribution in [0.25, 0.3) is 0 Å². The number of rotatable bonds is 7. The second-order valence-electron chi connectivity index (χ2n) is 7.35. The first kappa shape index (κ1) is 18.9. The Hall–Kier alpha value is -3.41. The van der Waals surface area contributed by atoms with Crippen molar-refractivity contribution in [3.05, 3.63) is 89.5 Å². The van der Waals surface area contributed by atoms with Gasteiger partial charge < -0.3 is 14.8 Å². The van der Waals surface area contributed by atoms with Gasteiger partial charge in [-0.1, -0.05) is 36.4 Å². The number of nitrogens with one attached hydrogen (secondary N) is 1. The van der Waals surface area contributed by atoms with Crippen LogP contribution in [0.3, 0.4) is 0 Å². The minimum absolute atomic E-state index is 0.0917. The molecule has 1 saturated heterocycles. The molecule has 1 aliphatic rings. The Labute approximate surface area is 170 Å². The second-order valence-corrected chi connectivity index (χ2v) is 7.35. The fraction of sp³-hybridized carbons (Fsp3) is 0.261. The summed E-state index contributed by atoms with van der Waals surface area (Å²) in [5.74, 6) is 0.142. The van der Waals surface area contributed by atoms with E-state index in [0.29, 0.717) is 25.1 Å². The summed E-state index contributed by atoms with van der Waals surface area (Å²) in [5.41, 5.74) is 3.91. The van der Waals surface area contributed by atoms with E-state index in [-0.39, 0.29) is 11.8 Å². The van der Waals surface area contributed by atoms with Gasteiger partial charge in [-0.2, -0.15) is 0 Å². The maximum atomic E-state index is 12.4. The molecular weight excluding hydrogens is 364 g/mol. The number of carbonyl (C=O) groups is 2. The Morgan fingerprint density at radius 1 is 0.966 bits per heavy atom. The van der Waals surface area contributed by atoms with Gasteiger partial charge in [0.05, 0.1) is 6.33 Å². The lowest BCUT2D eigenvalue weighted by Crippen LogP contribution is -2.24. The summed E-state index contributed by atoms with van der Waals surface area (Å²) in [5, 5.41) is 2.96. The molecule has 2 aromatic carbocycles. The highest BCUT2D eigenvalue weighted by atomic mass is 16.2. The summed E-state index contributed by atoms with van der Waals surface area (Å²) in [6, 6.07) is 15.7. The van der Waals surface area contributed by atoms with E-state index >= 15 is 0 Å². The molecule has 0 atom stereocenters. The molecule has 0 saturated carbocycles. The van der Waals surface area contributed by atoms with E-state index in [1.807, 2.05) is 64.2 Å². The van der Waals surface area contributed by atoms with Crippen LogP contribution in [0.2, 0.25) is 0 Å². The molecule has 6 heteroatoms. The normalized spacial score (nSPS) is 13.7. The summed E-state index contributed by atoms with van der Waals surface area (Å²) in [4.78, 5) is 30.1. The number of carbonyl (C=O) groups excluding carboxylic acids is 2. The average Bonchev–Trinajstić information content (AvgIpc) is 3.40. The molecule has 3 aromatic rings. The molecule has 0 bridgehead atoms. The van der Waals surface area contributed by atoms with Gasteiger partial charge in [0.2, 0.25) is 5.91 Å². The molecule has 2 amide bonds. The fourth-order valence-electron chi connectivity index (χ4n) is 3.49. The molecule has 0 aliphatic carbocycles. The molecule has 0 radical (unpaired) electrons. The van der Waals surface area contributed by atoms with Crippen molar-refractivity contribution >= 4 is 11.8 Å². The summed E-state index contributed by atoms with van der Waals surface area (Å²) >= 11 is 0. The van der Waals surface area contributed by atoms with Crippen LogP contribution in [0.5, 0.6) is 0 Å². The van der Waals surface area contributed by atoms with E-state index < -0.39 is 0 Å². The first-order valence-electron chi connectivity index (χ1n) is 9.86. The third kappa shape index (κ3) is 4.90. The van der Waals surface area contributed by atoms with E-state index in [1.54, 1.807) is 12.5 Å². The number of aromatic nitrogens is 2. The largest absolute Gasteiger partial charge is 0.348 e. The van der Waals surface area contributed by atoms with Crippen LogP contribution in [-0.2, 0) is 24.4 Å². The van der Waals surface area contributed by atoms with E-state index in [4.69, 9.17) is 0 Å². The van der Waals surface area contributed by atoms with Crippen molar-refractivity contribution < 1.29 is 9.59 Å². The summed E-state index contributed by atoms with van der Waals surface area (Å²) < 4.78 is 1.98. The molecule has 29 heavy (non-hydrogen) atoms. The summed E-state index contributed by atoms with van der Waals surface area (Å²) in [6.45, 7) is 2.71. The quantitative estimate of drug-likeness (QED) is 0.677. The minimum atomic E-state index is -0.0917. The van der Waals surface area contributed by atoms with Gasteiger partial charge in [0.25, 0.3) is 5.91 Å². The lowest BCUT2D eigenvalue weighted by molar-refractivity contribution is -0.128. The van der Waals surface area contributed by atoms with Gasteiger partial charge in [-0.25, -0.2) is 4.98 Å². The molecule has 148 valence electrons. The van der Waals surface area contributed by atoms with E-state index in [9.17, 15) is 9.59 Å². The van der Waals surface area contributed by atoms with Crippen molar-refractivity contribution in [1.29, 1.82) is 0 Å². The van der Waals surface area contributed by atoms with Crippen LogP contribution in [0.4, 0.5) is 0 Å². The molecule has 0 spiro atoms. The van der Waals surface area contributed by atoms with Gasteiger partial charge in [-0.15, -0.1) is 0 Å². The molecule has 6 nitrogen and oxygen atoms in total. The fourth-order valence-corrected chi connectivity index (χ4v) is 3.49. The van der Waals surface area contributed by atoms with Gasteiger partial charge in [0.1, 0.15) is 0 Å². The highest BCUT2D eigenvalue weighted by molar-refractivity contribution is 5.94. The van der Waals surface area contributed by atoms with Crippen LogP contribution in [-0.4, -0.2) is 32.8 Å². The minimum Gasteiger partial charge on any atom is -0.348 e. The highest BCUT2D eigenvalue weighted by Crippen LogP contribution is 2.15. The number of hydrogen-bond acceptors (Lipinski definition) is 3. The number of amides is 2. The number of hydrogen-bond donors (Lipinski definition) is 1. The van der Waals surface area contributed by atoms with Gasteiger partial charge in [0, 0.05) is 50.6 Å². The number of benzene rings is 2. The third-order valence-corrected chi connectivity index (χ3v) is 5.16. The Morgan fingerprint density at radius 2 is 1.66 bits per heavy atom. The smallest absolute Gasteiger partial charge is 0.251 e. The Bertz CT molecular complexity index is 963. The molecule has 1 aliphatic heterocycles. The molecule has 1 aromatic heterocycles. The van der Waals surface area contributed by atoms with Crippen LogP contribution < -0.4 is 5.32 Å². The maximum absolute atomic E-state index is 12.4. The maximum Gasteiger partial charge on any atom is 0.251 e. The van der Waals surface area contributed by atoms with Gasteiger partial charge in [-0.3, -0.25) is 9.59 Å². The van der Waals surface area contributed by atoms with E-state index in [0.717, 1.165) is 36.2 Å². The van der Waals surface area contributed by atoms with Gasteiger partial charge >= 0.3 is 0 Å². The SMILES string of the molecule is O=C(NCc1ccc(CN2CCCC2=O)cc1)c1ccc(Cn2ccnc2)cc1. The zero-order valence-electron chi connectivity index (χ0n) is 16.3. The third-order valence-electron chi connectivity index (χ3n) is 5.16. The Morgan fingerprint density at radius 3 is 2.31 bits per heavy atom. The predicted molar refractivity (Wildman–Crippen MR) is 110 cm³/mol. The zero-order chi connectivity index (χ0) is 20.1. The van der Waals surface area contributed by atoms with Crippen LogP contribution in [0.1, 0.15) is 39.9 Å². The van der Waals surface area contributed by atoms with Crippen LogP contribution in [0.15, 0.2) is 67.3 Å². The topological polar surface area (TPSA) is 67.2 Å². The lowest BCUT2D eigenvalue weighted by Gasteiger charge is -2.15. The van der Waals surface area contributed by atoms with Gasteiger partial charge in [-0.05, 0) is 35.2 Å². The highest BCUT2D eigenvalue weighted by Gasteiger charge is 2.19. The van der Waals surface area contributed by atoms with E-state index in [2.05, 4.69) is 10.3 Å². The molecule has 2 heterocycles. The number of imidazole rings is 1. The van der Waals surface area contributed by atoms with Crippen LogP contribution >= 0.6 is 0 Å². The molecule has 1 N–H and O–H groups in total. The lowest BCUT2D eigenvalue weighted by atomic mass is 10.1. The van der Waals surface area contributed by atoms with Crippen molar-refractivity contribution in [2.45, 2.75) is 32.5 Å². The summed E-state index contributed by atoms with van der Waals surface area (Å²) in [7, 11) is 0. The van der Waals surface area contributed by atoms with Crippen molar-refractivity contribution in [1.82, 2.24) is 19.8 Å². The van der Waals surface area contributed by atoms with Crippen molar-refractivity contribution in [2.75, 3.05) is 6.54 Å².